The molecule has 3 N–H and O–H groups in total. The van der Waals surface area contributed by atoms with Gasteiger partial charge >= 0.3 is 6.09 Å². The minimum absolute atomic E-state index is 0.0688. The van der Waals surface area contributed by atoms with E-state index < -0.39 is 0 Å². The molecule has 1 heterocycles. The Morgan fingerprint density at radius 3 is 2.52 bits per heavy atom. The monoisotopic (exact) mass is 367 g/mol. The number of carbonyl (C=O) groups is 1. The van der Waals surface area contributed by atoms with Crippen molar-refractivity contribution in [2.75, 3.05) is 11.9 Å². The molecule has 1 aliphatic rings. The molecule has 0 saturated heterocycles. The number of ether oxygens (including phenoxy) is 1. The Morgan fingerprint density at radius 2 is 1.89 bits per heavy atom. The Hall–Kier alpha value is -2.53. The maximum absolute atomic E-state index is 12.2. The van der Waals surface area contributed by atoms with Gasteiger partial charge in [0.2, 0.25) is 0 Å². The lowest BCUT2D eigenvalue weighted by molar-refractivity contribution is 0.111. The van der Waals surface area contributed by atoms with Crippen LogP contribution in [0.5, 0.6) is 0 Å². The first-order valence-electron chi connectivity index (χ1n) is 9.52. The van der Waals surface area contributed by atoms with Gasteiger partial charge in [0.15, 0.2) is 0 Å². The smallest absolute Gasteiger partial charge is 0.407 e. The van der Waals surface area contributed by atoms with Crippen molar-refractivity contribution in [3.8, 4) is 11.1 Å². The molecule has 5 heteroatoms. The summed E-state index contributed by atoms with van der Waals surface area (Å²) in [7, 11) is 2.10. The normalized spacial score (nSPS) is 19.0. The maximum atomic E-state index is 12.2. The van der Waals surface area contributed by atoms with Crippen LogP contribution in [0.25, 0.3) is 11.1 Å². The third-order valence-corrected chi connectivity index (χ3v) is 5.18. The summed E-state index contributed by atoms with van der Waals surface area (Å²) in [5.74, 6) is 0. The van der Waals surface area contributed by atoms with Crippen molar-refractivity contribution < 1.29 is 9.53 Å². The van der Waals surface area contributed by atoms with Gasteiger partial charge in [0.05, 0.1) is 12.1 Å². The van der Waals surface area contributed by atoms with Crippen molar-refractivity contribution in [3.63, 3.8) is 0 Å². The third-order valence-electron chi connectivity index (χ3n) is 5.18. The summed E-state index contributed by atoms with van der Waals surface area (Å²) in [4.78, 5) is 14.5. The minimum Gasteiger partial charge on any atom is -0.447 e. The van der Waals surface area contributed by atoms with Crippen molar-refractivity contribution in [2.24, 2.45) is 5.73 Å². The Morgan fingerprint density at radius 1 is 1.22 bits per heavy atom. The first-order valence-corrected chi connectivity index (χ1v) is 9.52. The number of amides is 1. The van der Waals surface area contributed by atoms with E-state index >= 15 is 0 Å². The number of nitrogens with one attached hydrogen (secondary N) is 1. The molecule has 2 aromatic rings. The van der Waals surface area contributed by atoms with E-state index in [9.17, 15) is 4.79 Å². The highest BCUT2D eigenvalue weighted by atomic mass is 16.6. The second-order valence-corrected chi connectivity index (χ2v) is 7.52. The van der Waals surface area contributed by atoms with E-state index in [1.165, 1.54) is 0 Å². The SMILES string of the molecule is CC(C)OC(=O)N[C@@H]1C[C@H](C)N(C)c2ccc(-c3ccc(CN)cc3)cc21. The predicted octanol–water partition coefficient (Wildman–Crippen LogP) is 4.22. The molecule has 1 amide bonds. The third kappa shape index (κ3) is 4.25. The van der Waals surface area contributed by atoms with E-state index in [1.54, 1.807) is 0 Å². The number of hydrogen-bond donors (Lipinski definition) is 2. The predicted molar refractivity (Wildman–Crippen MR) is 110 cm³/mol. The van der Waals surface area contributed by atoms with Crippen LogP contribution < -0.4 is 16.0 Å². The van der Waals surface area contributed by atoms with Crippen molar-refractivity contribution >= 4 is 11.8 Å². The lowest BCUT2D eigenvalue weighted by Crippen LogP contribution is -2.41. The Balaban J connectivity index is 1.93. The zero-order chi connectivity index (χ0) is 19.6. The molecule has 0 spiro atoms. The van der Waals surface area contributed by atoms with E-state index in [1.807, 2.05) is 13.8 Å². The molecule has 0 aliphatic carbocycles. The number of fused-ring (bicyclic) bond motifs is 1. The van der Waals surface area contributed by atoms with Gasteiger partial charge in [-0.2, -0.15) is 0 Å². The van der Waals surface area contributed by atoms with Crippen LogP contribution in [-0.4, -0.2) is 25.3 Å². The van der Waals surface area contributed by atoms with Gasteiger partial charge in [-0.05, 0) is 61.6 Å². The first kappa shape index (κ1) is 19.2. The number of nitrogens with two attached hydrogens (primary N) is 1. The Bertz CT molecular complexity index is 802. The van der Waals surface area contributed by atoms with Gasteiger partial charge in [-0.1, -0.05) is 30.3 Å². The Labute approximate surface area is 161 Å². The summed E-state index contributed by atoms with van der Waals surface area (Å²) in [6, 6.07) is 15.0. The fourth-order valence-corrected chi connectivity index (χ4v) is 3.56. The number of anilines is 1. The molecule has 0 unspecified atom stereocenters. The van der Waals surface area contributed by atoms with E-state index in [4.69, 9.17) is 10.5 Å². The quantitative estimate of drug-likeness (QED) is 0.849. The second kappa shape index (κ2) is 8.01. The van der Waals surface area contributed by atoms with Crippen molar-refractivity contribution in [1.29, 1.82) is 0 Å². The molecule has 0 saturated carbocycles. The number of carbonyl (C=O) groups excluding carboxylic acids is 1. The molecule has 0 radical (unpaired) electrons. The summed E-state index contributed by atoms with van der Waals surface area (Å²) in [6.45, 7) is 6.42. The van der Waals surface area contributed by atoms with Crippen LogP contribution in [0.15, 0.2) is 42.5 Å². The van der Waals surface area contributed by atoms with Crippen LogP contribution in [0.2, 0.25) is 0 Å². The second-order valence-electron chi connectivity index (χ2n) is 7.52. The van der Waals surface area contributed by atoms with Gasteiger partial charge in [-0.3, -0.25) is 0 Å². The molecule has 1 aliphatic heterocycles. The summed E-state index contributed by atoms with van der Waals surface area (Å²) >= 11 is 0. The van der Waals surface area contributed by atoms with Crippen LogP contribution in [0.4, 0.5) is 10.5 Å². The number of alkyl carbamates (subject to hydrolysis) is 1. The number of benzene rings is 2. The van der Waals surface area contributed by atoms with Crippen molar-refractivity contribution in [3.05, 3.63) is 53.6 Å². The zero-order valence-corrected chi connectivity index (χ0v) is 16.5. The van der Waals surface area contributed by atoms with Crippen LogP contribution in [-0.2, 0) is 11.3 Å². The number of nitrogens with zero attached hydrogens (tertiary/aromatic N) is 1. The van der Waals surface area contributed by atoms with Gasteiger partial charge in [-0.15, -0.1) is 0 Å². The first-order chi connectivity index (χ1) is 12.9. The van der Waals surface area contributed by atoms with Crippen LogP contribution in [0.3, 0.4) is 0 Å². The summed E-state index contributed by atoms with van der Waals surface area (Å²) in [6.07, 6.45) is 0.336. The fraction of sp³-hybridized carbons (Fsp3) is 0.409. The van der Waals surface area contributed by atoms with E-state index in [0.29, 0.717) is 12.6 Å². The van der Waals surface area contributed by atoms with Crippen LogP contribution in [0.1, 0.15) is 44.4 Å². The topological polar surface area (TPSA) is 67.6 Å². The van der Waals surface area contributed by atoms with Gasteiger partial charge < -0.3 is 20.7 Å². The molecule has 2 aromatic carbocycles. The molecule has 2 atom stereocenters. The van der Waals surface area contributed by atoms with Gasteiger partial charge in [-0.25, -0.2) is 4.79 Å². The molecule has 27 heavy (non-hydrogen) atoms. The zero-order valence-electron chi connectivity index (χ0n) is 16.5. The van der Waals surface area contributed by atoms with Crippen molar-refractivity contribution in [2.45, 2.75) is 51.9 Å². The molecule has 0 bridgehead atoms. The van der Waals surface area contributed by atoms with Gasteiger partial charge in [0.25, 0.3) is 0 Å². The largest absolute Gasteiger partial charge is 0.447 e. The minimum atomic E-state index is -0.365. The highest BCUT2D eigenvalue weighted by Crippen LogP contribution is 2.38. The lowest BCUT2D eigenvalue weighted by atomic mass is 9.89. The average Bonchev–Trinajstić information content (AvgIpc) is 2.65. The highest BCUT2D eigenvalue weighted by molar-refractivity contribution is 5.73. The maximum Gasteiger partial charge on any atom is 0.407 e. The molecule has 144 valence electrons. The summed E-state index contributed by atoms with van der Waals surface area (Å²) < 4.78 is 5.29. The molecular formula is C22H29N3O2. The van der Waals surface area contributed by atoms with E-state index in [0.717, 1.165) is 34.4 Å². The molecule has 3 rings (SSSR count). The molecule has 5 nitrogen and oxygen atoms in total. The standard InChI is InChI=1S/C22H29N3O2/c1-14(2)27-22(26)24-20-11-15(3)25(4)21-10-9-18(12-19(20)21)17-7-5-16(13-23)6-8-17/h5-10,12,14-15,20H,11,13,23H2,1-4H3,(H,24,26)/t15-,20+/m0/s1. The van der Waals surface area contributed by atoms with E-state index in [-0.39, 0.29) is 18.2 Å². The van der Waals surface area contributed by atoms with Crippen molar-refractivity contribution in [1.82, 2.24) is 5.32 Å². The summed E-state index contributed by atoms with van der Waals surface area (Å²) in [5, 5.41) is 3.05. The fourth-order valence-electron chi connectivity index (χ4n) is 3.56. The summed E-state index contributed by atoms with van der Waals surface area (Å²) in [5.41, 5.74) is 11.3. The Kier molecular flexibility index (Phi) is 5.71. The van der Waals surface area contributed by atoms with E-state index in [2.05, 4.69) is 66.7 Å². The highest BCUT2D eigenvalue weighted by Gasteiger charge is 2.30. The lowest BCUT2D eigenvalue weighted by Gasteiger charge is -2.39. The van der Waals surface area contributed by atoms with Crippen LogP contribution >= 0.6 is 0 Å². The average molecular weight is 367 g/mol. The van der Waals surface area contributed by atoms with Gasteiger partial charge in [0, 0.05) is 25.3 Å². The molecule has 0 aromatic heterocycles. The molecule has 0 fully saturated rings. The number of rotatable bonds is 4. The van der Waals surface area contributed by atoms with Gasteiger partial charge in [0.1, 0.15) is 0 Å². The van der Waals surface area contributed by atoms with Crippen LogP contribution in [0, 0.1) is 0 Å². The number of hydrogen-bond acceptors (Lipinski definition) is 4. The molecular weight excluding hydrogens is 338 g/mol.